The molecular formula is C32H35FN2O9S. The fraction of sp³-hybridized carbons (Fsp3) is 0.344. The van der Waals surface area contributed by atoms with Crippen LogP contribution >= 0.6 is 0 Å². The van der Waals surface area contributed by atoms with Gasteiger partial charge in [0.25, 0.3) is 0 Å². The molecule has 1 fully saturated rings. The second-order valence-electron chi connectivity index (χ2n) is 11.7. The van der Waals surface area contributed by atoms with E-state index in [4.69, 9.17) is 14.2 Å². The lowest BCUT2D eigenvalue weighted by Gasteiger charge is -2.48. The molecule has 11 nitrogen and oxygen atoms in total. The van der Waals surface area contributed by atoms with Crippen molar-refractivity contribution in [1.29, 1.82) is 0 Å². The highest BCUT2D eigenvalue weighted by molar-refractivity contribution is 7.89. The van der Waals surface area contributed by atoms with E-state index in [9.17, 15) is 32.3 Å². The van der Waals surface area contributed by atoms with Gasteiger partial charge in [-0.1, -0.05) is 48.5 Å². The molecule has 1 saturated heterocycles. The van der Waals surface area contributed by atoms with Crippen molar-refractivity contribution >= 4 is 28.1 Å². The molecular weight excluding hydrogens is 607 g/mol. The molecule has 2 atom stereocenters. The first-order chi connectivity index (χ1) is 21.1. The molecule has 3 aromatic carbocycles. The minimum atomic E-state index is -4.05. The van der Waals surface area contributed by atoms with Gasteiger partial charge in [0.1, 0.15) is 17.6 Å². The van der Waals surface area contributed by atoms with Gasteiger partial charge in [0.05, 0.1) is 23.4 Å². The molecule has 0 aliphatic carbocycles. The van der Waals surface area contributed by atoms with Crippen LogP contribution in [-0.2, 0) is 41.1 Å². The molecule has 0 saturated carbocycles. The van der Waals surface area contributed by atoms with E-state index >= 15 is 0 Å². The van der Waals surface area contributed by atoms with Gasteiger partial charge in [0, 0.05) is 19.4 Å². The van der Waals surface area contributed by atoms with Crippen molar-refractivity contribution in [3.63, 3.8) is 0 Å². The predicted molar refractivity (Wildman–Crippen MR) is 160 cm³/mol. The van der Waals surface area contributed by atoms with Crippen LogP contribution in [0, 0.1) is 11.2 Å². The number of hydrogen-bond acceptors (Lipinski definition) is 8. The van der Waals surface area contributed by atoms with Crippen molar-refractivity contribution in [2.45, 2.75) is 56.9 Å². The van der Waals surface area contributed by atoms with Crippen LogP contribution in [0.1, 0.15) is 38.8 Å². The Hall–Kier alpha value is -4.49. The lowest BCUT2D eigenvalue weighted by Crippen LogP contribution is -2.64. The number of carbonyl (C=O) groups is 3. The number of benzene rings is 3. The van der Waals surface area contributed by atoms with E-state index in [-0.39, 0.29) is 30.2 Å². The first kappa shape index (κ1) is 33.4. The third kappa shape index (κ3) is 8.17. The van der Waals surface area contributed by atoms with E-state index in [1.54, 1.807) is 39.0 Å². The summed E-state index contributed by atoms with van der Waals surface area (Å²) in [6.07, 6.45) is -2.67. The van der Waals surface area contributed by atoms with Gasteiger partial charge in [-0.05, 0) is 56.2 Å². The highest BCUT2D eigenvalue weighted by Crippen LogP contribution is 2.40. The van der Waals surface area contributed by atoms with Crippen molar-refractivity contribution in [3.8, 4) is 5.75 Å². The number of hydrogen-bond donors (Lipinski definition) is 2. The van der Waals surface area contributed by atoms with Crippen LogP contribution in [0.5, 0.6) is 5.75 Å². The van der Waals surface area contributed by atoms with Crippen LogP contribution in [0.3, 0.4) is 0 Å². The lowest BCUT2D eigenvalue weighted by atomic mass is 9.87. The number of amides is 1. The average molecular weight is 643 g/mol. The molecule has 1 aliphatic heterocycles. The molecule has 1 amide bonds. The number of halogens is 1. The van der Waals surface area contributed by atoms with E-state index in [0.717, 1.165) is 5.56 Å². The maximum atomic E-state index is 13.9. The van der Waals surface area contributed by atoms with E-state index in [2.05, 4.69) is 5.32 Å². The molecule has 240 valence electrons. The van der Waals surface area contributed by atoms with Gasteiger partial charge in [-0.25, -0.2) is 22.4 Å². The second kappa shape index (κ2) is 13.2. The monoisotopic (exact) mass is 642 g/mol. The molecule has 45 heavy (non-hydrogen) atoms. The molecule has 3 aromatic rings. The van der Waals surface area contributed by atoms with Gasteiger partial charge in [0.2, 0.25) is 16.3 Å². The van der Waals surface area contributed by atoms with E-state index in [1.807, 2.05) is 18.2 Å². The first-order valence-corrected chi connectivity index (χ1v) is 15.5. The predicted octanol–water partition coefficient (Wildman–Crippen LogP) is 4.46. The zero-order valence-corrected chi connectivity index (χ0v) is 26.0. The van der Waals surface area contributed by atoms with Crippen LogP contribution in [-0.4, -0.2) is 61.3 Å². The third-order valence-corrected chi connectivity index (χ3v) is 8.79. The van der Waals surface area contributed by atoms with Crippen LogP contribution in [0.2, 0.25) is 0 Å². The topological polar surface area (TPSA) is 149 Å². The van der Waals surface area contributed by atoms with Crippen molar-refractivity contribution in [2.75, 3.05) is 13.1 Å². The van der Waals surface area contributed by atoms with Crippen molar-refractivity contribution in [1.82, 2.24) is 9.62 Å². The van der Waals surface area contributed by atoms with Crippen LogP contribution < -0.4 is 10.1 Å². The number of aliphatic carboxylic acids is 1. The van der Waals surface area contributed by atoms with E-state index in [1.165, 1.54) is 53.7 Å². The highest BCUT2D eigenvalue weighted by Gasteiger charge is 2.52. The van der Waals surface area contributed by atoms with E-state index < -0.39 is 57.2 Å². The van der Waals surface area contributed by atoms with Crippen molar-refractivity contribution in [2.24, 2.45) is 5.41 Å². The van der Waals surface area contributed by atoms with Gasteiger partial charge in [-0.15, -0.1) is 0 Å². The molecule has 0 spiro atoms. The molecule has 13 heteroatoms. The molecule has 0 radical (unpaired) electrons. The number of alkyl carbamates (subject to hydrolysis) is 1. The summed E-state index contributed by atoms with van der Waals surface area (Å²) in [5, 5.41) is 11.9. The van der Waals surface area contributed by atoms with Gasteiger partial charge < -0.3 is 24.6 Å². The smallest absolute Gasteiger partial charge is 0.410 e. The fourth-order valence-corrected chi connectivity index (χ4v) is 6.20. The number of rotatable bonds is 11. The van der Waals surface area contributed by atoms with Crippen LogP contribution in [0.15, 0.2) is 83.8 Å². The Morgan fingerprint density at radius 3 is 2.27 bits per heavy atom. The molecule has 2 N–H and O–H groups in total. The summed E-state index contributed by atoms with van der Waals surface area (Å²) in [4.78, 5) is 36.2. The summed E-state index contributed by atoms with van der Waals surface area (Å²) in [7, 11) is -4.05. The highest BCUT2D eigenvalue weighted by atomic mass is 32.2. The largest absolute Gasteiger partial charge is 0.480 e. The normalized spacial score (nSPS) is 16.0. The maximum Gasteiger partial charge on any atom is 0.410 e. The molecule has 0 bridgehead atoms. The van der Waals surface area contributed by atoms with Gasteiger partial charge in [-0.3, -0.25) is 4.79 Å². The first-order valence-electron chi connectivity index (χ1n) is 14.1. The number of carbonyl (C=O) groups excluding carboxylic acids is 2. The zero-order chi connectivity index (χ0) is 33.0. The van der Waals surface area contributed by atoms with Crippen molar-refractivity contribution < 1.29 is 46.5 Å². The second-order valence-corrected chi connectivity index (χ2v) is 13.6. The minimum absolute atomic E-state index is 0.0524. The Morgan fingerprint density at radius 2 is 1.64 bits per heavy atom. The number of ether oxygens (including phenoxy) is 3. The Kier molecular flexibility index (Phi) is 9.83. The van der Waals surface area contributed by atoms with Gasteiger partial charge in [-0.2, -0.15) is 4.31 Å². The van der Waals surface area contributed by atoms with E-state index in [0.29, 0.717) is 5.56 Å². The summed E-state index contributed by atoms with van der Waals surface area (Å²) in [6.45, 7) is 6.09. The van der Waals surface area contributed by atoms with Crippen LogP contribution in [0.25, 0.3) is 0 Å². The molecule has 1 unspecified atom stereocenters. The summed E-state index contributed by atoms with van der Waals surface area (Å²) in [5.74, 6) is -2.23. The molecule has 1 aliphatic rings. The summed E-state index contributed by atoms with van der Waals surface area (Å²) < 4.78 is 58.6. The number of nitrogens with one attached hydrogen (secondary N) is 1. The minimum Gasteiger partial charge on any atom is -0.480 e. The van der Waals surface area contributed by atoms with Crippen LogP contribution in [0.4, 0.5) is 9.18 Å². The zero-order valence-electron chi connectivity index (χ0n) is 25.2. The average Bonchev–Trinajstić information content (AvgIpc) is 2.94. The van der Waals surface area contributed by atoms with Gasteiger partial charge >= 0.3 is 18.0 Å². The Balaban J connectivity index is 1.46. The molecule has 4 rings (SSSR count). The number of nitrogens with zero attached hydrogens (tertiary/aromatic N) is 1. The van der Waals surface area contributed by atoms with Crippen molar-refractivity contribution in [3.05, 3.63) is 95.8 Å². The molecule has 1 heterocycles. The fourth-order valence-electron chi connectivity index (χ4n) is 4.59. The number of esters is 1. The summed E-state index contributed by atoms with van der Waals surface area (Å²) in [5.41, 5.74) is -0.853. The Bertz CT molecular complexity index is 1650. The maximum absolute atomic E-state index is 13.9. The quantitative estimate of drug-likeness (QED) is 0.228. The number of sulfonamides is 1. The van der Waals surface area contributed by atoms with Gasteiger partial charge in [0.15, 0.2) is 5.60 Å². The lowest BCUT2D eigenvalue weighted by molar-refractivity contribution is -0.174. The Morgan fingerprint density at radius 1 is 0.978 bits per heavy atom. The number of carboxylic acids is 1. The SMILES string of the molecule is C[C@H](OC(=O)NC(Cc1cccc(S(=O)(=O)N2CC(Oc3cccc(F)c3)(c3ccccc3)C2)c1)C(=O)O)OC(=O)C(C)(C)C. The third-order valence-electron chi connectivity index (χ3n) is 7.00. The summed E-state index contributed by atoms with van der Waals surface area (Å²) >= 11 is 0. The summed E-state index contributed by atoms with van der Waals surface area (Å²) in [6, 6.07) is 18.9. The molecule has 0 aromatic heterocycles. The Labute approximate surface area is 261 Å². The number of carboxylic acid groups (broad SMARTS) is 1. The standard InChI is InChI=1S/C32H35FN2O9S/c1-21(42-29(38)31(2,3)4)43-30(39)34-27(28(36)37)17-22-10-8-15-26(16-22)45(40,41)35-19-32(20-35,23-11-6-5-7-12-23)44-25-14-9-13-24(33)18-25/h5-16,18,21,27H,17,19-20H2,1-4H3,(H,34,39)(H,36,37)/t21-,27?/m0/s1.